The molecule has 1 rings (SSSR count). The highest BCUT2D eigenvalue weighted by molar-refractivity contribution is 7.99. The Bertz CT molecular complexity index is 425. The fourth-order valence-electron chi connectivity index (χ4n) is 1.49. The Balaban J connectivity index is 2.79. The number of nitrogens with one attached hydrogen (secondary N) is 1. The Kier molecular flexibility index (Phi) is 6.29. The molecular weight excluding hydrogens is 293 g/mol. The zero-order valence-corrected chi connectivity index (χ0v) is 12.4. The Hall–Kier alpha value is -0.420. The van der Waals surface area contributed by atoms with E-state index in [1.54, 1.807) is 12.1 Å². The molecule has 0 aliphatic carbocycles. The minimum Gasteiger partial charge on any atom is -0.395 e. The fourth-order valence-corrected chi connectivity index (χ4v) is 2.49. The van der Waals surface area contributed by atoms with Crippen molar-refractivity contribution in [2.45, 2.75) is 18.2 Å². The summed E-state index contributed by atoms with van der Waals surface area (Å²) < 4.78 is 0. The summed E-state index contributed by atoms with van der Waals surface area (Å²) in [4.78, 5) is 12.0. The van der Waals surface area contributed by atoms with Crippen molar-refractivity contribution in [2.75, 3.05) is 12.9 Å². The molecule has 1 amide bonds. The summed E-state index contributed by atoms with van der Waals surface area (Å²) in [6.07, 6.45) is 1.88. The molecule has 2 N–H and O–H groups in total. The average Bonchev–Trinajstić information content (AvgIpc) is 2.33. The number of halogens is 2. The van der Waals surface area contributed by atoms with E-state index in [-0.39, 0.29) is 23.8 Å². The van der Waals surface area contributed by atoms with E-state index in [4.69, 9.17) is 28.3 Å². The van der Waals surface area contributed by atoms with Gasteiger partial charge < -0.3 is 10.4 Å². The molecule has 2 unspecified atom stereocenters. The van der Waals surface area contributed by atoms with Crippen LogP contribution in [-0.4, -0.2) is 35.2 Å². The number of rotatable bonds is 5. The van der Waals surface area contributed by atoms with Gasteiger partial charge in [0.25, 0.3) is 5.91 Å². The second kappa shape index (κ2) is 7.24. The van der Waals surface area contributed by atoms with E-state index in [1.165, 1.54) is 17.8 Å². The highest BCUT2D eigenvalue weighted by atomic mass is 35.5. The zero-order valence-electron chi connectivity index (χ0n) is 10.1. The maximum Gasteiger partial charge on any atom is 0.253 e. The predicted molar refractivity (Wildman–Crippen MR) is 77.8 cm³/mol. The number of carbonyl (C=O) groups is 1. The third-order valence-corrected chi connectivity index (χ3v) is 4.30. The van der Waals surface area contributed by atoms with Crippen molar-refractivity contribution < 1.29 is 9.90 Å². The molecule has 3 nitrogen and oxygen atoms in total. The molecule has 1 aromatic rings. The fraction of sp³-hybridized carbons (Fsp3) is 0.417. The van der Waals surface area contributed by atoms with E-state index in [9.17, 15) is 4.79 Å². The van der Waals surface area contributed by atoms with Crippen LogP contribution in [0.2, 0.25) is 10.0 Å². The number of thioether (sulfide) groups is 1. The van der Waals surface area contributed by atoms with Crippen molar-refractivity contribution in [2.24, 2.45) is 0 Å². The van der Waals surface area contributed by atoms with Crippen LogP contribution in [0, 0.1) is 0 Å². The van der Waals surface area contributed by atoms with Crippen LogP contribution in [0.15, 0.2) is 18.2 Å². The molecule has 0 saturated carbocycles. The topological polar surface area (TPSA) is 49.3 Å². The maximum atomic E-state index is 12.0. The molecule has 2 atom stereocenters. The van der Waals surface area contributed by atoms with E-state index >= 15 is 0 Å². The van der Waals surface area contributed by atoms with Crippen LogP contribution in [0.5, 0.6) is 0 Å². The summed E-state index contributed by atoms with van der Waals surface area (Å²) in [7, 11) is 0. The van der Waals surface area contributed by atoms with E-state index in [0.717, 1.165) is 0 Å². The summed E-state index contributed by atoms with van der Waals surface area (Å²) in [5.74, 6) is -0.289. The monoisotopic (exact) mass is 307 g/mol. The lowest BCUT2D eigenvalue weighted by atomic mass is 10.1. The molecule has 0 aromatic heterocycles. The van der Waals surface area contributed by atoms with Crippen LogP contribution in [0.4, 0.5) is 0 Å². The SMILES string of the molecule is CSC(CO)C(C)NC(=O)c1cc(Cl)ccc1Cl. The van der Waals surface area contributed by atoms with Gasteiger partial charge in [0.15, 0.2) is 0 Å². The van der Waals surface area contributed by atoms with E-state index in [0.29, 0.717) is 15.6 Å². The van der Waals surface area contributed by atoms with Gasteiger partial charge in [-0.15, -0.1) is 0 Å². The molecule has 0 aliphatic heterocycles. The molecule has 0 aliphatic rings. The lowest BCUT2D eigenvalue weighted by Crippen LogP contribution is -2.41. The highest BCUT2D eigenvalue weighted by Gasteiger charge is 2.19. The lowest BCUT2D eigenvalue weighted by molar-refractivity contribution is 0.0936. The average molecular weight is 308 g/mol. The van der Waals surface area contributed by atoms with Gasteiger partial charge >= 0.3 is 0 Å². The number of carbonyl (C=O) groups excluding carboxylic acids is 1. The first-order valence-corrected chi connectivity index (χ1v) is 7.43. The Morgan fingerprint density at radius 3 is 2.72 bits per heavy atom. The Morgan fingerprint density at radius 2 is 2.17 bits per heavy atom. The van der Waals surface area contributed by atoms with E-state index < -0.39 is 0 Å². The van der Waals surface area contributed by atoms with Crippen LogP contribution in [0.25, 0.3) is 0 Å². The van der Waals surface area contributed by atoms with Gasteiger partial charge in [0.2, 0.25) is 0 Å². The van der Waals surface area contributed by atoms with Crippen molar-refractivity contribution in [1.82, 2.24) is 5.32 Å². The second-order valence-corrected chi connectivity index (χ2v) is 5.76. The molecule has 0 radical (unpaired) electrons. The van der Waals surface area contributed by atoms with Gasteiger partial charge in [-0.1, -0.05) is 23.2 Å². The predicted octanol–water partition coefficient (Wildman–Crippen LogP) is 2.84. The molecule has 0 saturated heterocycles. The standard InChI is InChI=1S/C12H15Cl2NO2S/c1-7(11(6-16)18-2)15-12(17)9-5-8(13)3-4-10(9)14/h3-5,7,11,16H,6H2,1-2H3,(H,15,17). The summed E-state index contributed by atoms with van der Waals surface area (Å²) in [5.41, 5.74) is 0.341. The molecule has 0 spiro atoms. The summed E-state index contributed by atoms with van der Waals surface area (Å²) in [6.45, 7) is 1.85. The number of amides is 1. The molecule has 0 fully saturated rings. The molecule has 18 heavy (non-hydrogen) atoms. The minimum absolute atomic E-state index is 0.00584. The van der Waals surface area contributed by atoms with Gasteiger partial charge in [0.05, 0.1) is 17.2 Å². The zero-order chi connectivity index (χ0) is 13.7. The summed E-state index contributed by atoms with van der Waals surface area (Å²) >= 11 is 13.3. The van der Waals surface area contributed by atoms with Crippen LogP contribution >= 0.6 is 35.0 Å². The molecule has 100 valence electrons. The molecule has 1 aromatic carbocycles. The summed E-state index contributed by atoms with van der Waals surface area (Å²) in [6, 6.07) is 4.58. The lowest BCUT2D eigenvalue weighted by Gasteiger charge is -2.21. The number of benzene rings is 1. The largest absolute Gasteiger partial charge is 0.395 e. The van der Waals surface area contributed by atoms with Crippen LogP contribution in [0.3, 0.4) is 0 Å². The number of aliphatic hydroxyl groups is 1. The number of aliphatic hydroxyl groups excluding tert-OH is 1. The quantitative estimate of drug-likeness (QED) is 0.879. The first-order valence-electron chi connectivity index (χ1n) is 5.39. The highest BCUT2D eigenvalue weighted by Crippen LogP contribution is 2.21. The van der Waals surface area contributed by atoms with E-state index in [2.05, 4.69) is 5.32 Å². The smallest absolute Gasteiger partial charge is 0.253 e. The van der Waals surface area contributed by atoms with Gasteiger partial charge in [0, 0.05) is 16.3 Å². The molecule has 0 heterocycles. The van der Waals surface area contributed by atoms with Crippen LogP contribution < -0.4 is 5.32 Å². The third kappa shape index (κ3) is 4.05. The van der Waals surface area contributed by atoms with Crippen LogP contribution in [0.1, 0.15) is 17.3 Å². The first kappa shape index (κ1) is 15.6. The summed E-state index contributed by atoms with van der Waals surface area (Å²) in [5, 5.41) is 12.7. The minimum atomic E-state index is -0.289. The van der Waals surface area contributed by atoms with Crippen LogP contribution in [-0.2, 0) is 0 Å². The normalized spacial score (nSPS) is 14.1. The second-order valence-electron chi connectivity index (χ2n) is 3.84. The van der Waals surface area contributed by atoms with Gasteiger partial charge in [-0.3, -0.25) is 4.79 Å². The number of hydrogen-bond donors (Lipinski definition) is 2. The van der Waals surface area contributed by atoms with E-state index in [1.807, 2.05) is 13.2 Å². The Morgan fingerprint density at radius 1 is 1.50 bits per heavy atom. The van der Waals surface area contributed by atoms with Gasteiger partial charge in [-0.2, -0.15) is 11.8 Å². The van der Waals surface area contributed by atoms with Gasteiger partial charge in [-0.05, 0) is 31.4 Å². The third-order valence-electron chi connectivity index (χ3n) is 2.57. The van der Waals surface area contributed by atoms with Crippen molar-refractivity contribution >= 4 is 40.9 Å². The molecular formula is C12H15Cl2NO2S. The Labute approximate surface area is 121 Å². The maximum absolute atomic E-state index is 12.0. The van der Waals surface area contributed by atoms with Crippen molar-refractivity contribution in [3.8, 4) is 0 Å². The van der Waals surface area contributed by atoms with Crippen molar-refractivity contribution in [3.05, 3.63) is 33.8 Å². The van der Waals surface area contributed by atoms with Gasteiger partial charge in [0.1, 0.15) is 0 Å². The number of hydrogen-bond acceptors (Lipinski definition) is 3. The van der Waals surface area contributed by atoms with Gasteiger partial charge in [-0.25, -0.2) is 0 Å². The van der Waals surface area contributed by atoms with Crippen molar-refractivity contribution in [1.29, 1.82) is 0 Å². The molecule has 6 heteroatoms. The molecule has 0 bridgehead atoms. The first-order chi connectivity index (χ1) is 8.49. The van der Waals surface area contributed by atoms with Crippen molar-refractivity contribution in [3.63, 3.8) is 0 Å².